The predicted molar refractivity (Wildman–Crippen MR) is 121 cm³/mol. The van der Waals surface area contributed by atoms with Crippen LogP contribution in [-0.2, 0) is 19.4 Å². The lowest BCUT2D eigenvalue weighted by Gasteiger charge is -2.25. The lowest BCUT2D eigenvalue weighted by atomic mass is 10.2. The van der Waals surface area contributed by atoms with Crippen molar-refractivity contribution in [2.24, 2.45) is 7.05 Å². The van der Waals surface area contributed by atoms with Gasteiger partial charge in [-0.25, -0.2) is 0 Å². The van der Waals surface area contributed by atoms with Gasteiger partial charge in [-0.3, -0.25) is 4.98 Å². The maximum absolute atomic E-state index is 6.07. The molecule has 1 aliphatic rings. The molecule has 7 nitrogen and oxygen atoms in total. The number of hydrogen-bond donors (Lipinski definition) is 0. The molecule has 1 atom stereocenters. The molecule has 2 aromatic heterocycles. The Morgan fingerprint density at radius 2 is 1.75 bits per heavy atom. The summed E-state index contributed by atoms with van der Waals surface area (Å²) in [6, 6.07) is 19.7. The van der Waals surface area contributed by atoms with Crippen LogP contribution in [0.4, 0.5) is 0 Å². The zero-order chi connectivity index (χ0) is 21.8. The molecule has 0 aliphatic carbocycles. The van der Waals surface area contributed by atoms with Gasteiger partial charge in [0.1, 0.15) is 19.0 Å². The van der Waals surface area contributed by atoms with Crippen LogP contribution in [0.25, 0.3) is 0 Å². The Bertz CT molecular complexity index is 1180. The second kappa shape index (κ2) is 9.32. The lowest BCUT2D eigenvalue weighted by molar-refractivity contribution is 0.0825. The van der Waals surface area contributed by atoms with E-state index in [2.05, 4.69) is 27.3 Å². The van der Waals surface area contributed by atoms with Crippen LogP contribution in [0.3, 0.4) is 0 Å². The van der Waals surface area contributed by atoms with Crippen LogP contribution in [0.2, 0.25) is 0 Å². The molecule has 0 radical (unpaired) electrons. The molecule has 0 spiro atoms. The third-order valence-corrected chi connectivity index (χ3v) is 6.20. The first kappa shape index (κ1) is 20.4. The van der Waals surface area contributed by atoms with Crippen molar-refractivity contribution >= 4 is 11.8 Å². The number of thioether (sulfide) groups is 1. The number of rotatable bonds is 7. The Morgan fingerprint density at radius 3 is 2.56 bits per heavy atom. The van der Waals surface area contributed by atoms with Gasteiger partial charge >= 0.3 is 0 Å². The van der Waals surface area contributed by atoms with Gasteiger partial charge in [-0.2, -0.15) is 0 Å². The fourth-order valence-corrected chi connectivity index (χ4v) is 4.23. The summed E-state index contributed by atoms with van der Waals surface area (Å²) in [5.41, 5.74) is 2.27. The van der Waals surface area contributed by atoms with Crippen molar-refractivity contribution in [3.8, 4) is 17.2 Å². The zero-order valence-electron chi connectivity index (χ0n) is 17.5. The first-order chi connectivity index (χ1) is 15.8. The van der Waals surface area contributed by atoms with Crippen LogP contribution in [-0.4, -0.2) is 26.4 Å². The molecule has 1 aliphatic heterocycles. The first-order valence-corrected chi connectivity index (χ1v) is 11.3. The van der Waals surface area contributed by atoms with E-state index in [1.807, 2.05) is 60.1 Å². The van der Waals surface area contributed by atoms with Crippen molar-refractivity contribution in [1.82, 2.24) is 19.7 Å². The highest BCUT2D eigenvalue weighted by Crippen LogP contribution is 2.36. The van der Waals surface area contributed by atoms with Gasteiger partial charge in [0.05, 0.1) is 0 Å². The summed E-state index contributed by atoms with van der Waals surface area (Å²) in [6.45, 7) is 0.935. The summed E-state index contributed by atoms with van der Waals surface area (Å²) >= 11 is 1.63. The van der Waals surface area contributed by atoms with Crippen LogP contribution in [0.15, 0.2) is 78.2 Å². The molecule has 4 aromatic rings. The summed E-state index contributed by atoms with van der Waals surface area (Å²) in [6.07, 6.45) is 3.25. The van der Waals surface area contributed by atoms with Crippen molar-refractivity contribution in [3.63, 3.8) is 0 Å². The van der Waals surface area contributed by atoms with Crippen molar-refractivity contribution in [2.45, 2.75) is 23.6 Å². The highest BCUT2D eigenvalue weighted by Gasteiger charge is 2.27. The van der Waals surface area contributed by atoms with Crippen molar-refractivity contribution in [3.05, 3.63) is 90.0 Å². The van der Waals surface area contributed by atoms with E-state index < -0.39 is 0 Å². The molecule has 0 bridgehead atoms. The second-order valence-corrected chi connectivity index (χ2v) is 8.28. The first-order valence-electron chi connectivity index (χ1n) is 10.3. The van der Waals surface area contributed by atoms with Crippen LogP contribution in [0.5, 0.6) is 17.2 Å². The van der Waals surface area contributed by atoms with E-state index in [9.17, 15) is 0 Å². The molecule has 0 N–H and O–H groups in total. The fourth-order valence-electron chi connectivity index (χ4n) is 3.35. The average Bonchev–Trinajstić information content (AvgIpc) is 3.22. The summed E-state index contributed by atoms with van der Waals surface area (Å²) in [5, 5.41) is 9.54. The number of fused-ring (bicyclic) bond motifs is 1. The van der Waals surface area contributed by atoms with E-state index in [-0.39, 0.29) is 6.10 Å². The fraction of sp³-hybridized carbons (Fsp3) is 0.208. The smallest absolute Gasteiger partial charge is 0.192 e. The van der Waals surface area contributed by atoms with Gasteiger partial charge in [0.25, 0.3) is 0 Å². The van der Waals surface area contributed by atoms with Crippen LogP contribution < -0.4 is 14.2 Å². The van der Waals surface area contributed by atoms with Crippen molar-refractivity contribution < 1.29 is 14.2 Å². The van der Waals surface area contributed by atoms with Gasteiger partial charge in [0.2, 0.25) is 0 Å². The number of pyridine rings is 1. The van der Waals surface area contributed by atoms with Gasteiger partial charge in [0, 0.05) is 25.2 Å². The van der Waals surface area contributed by atoms with Gasteiger partial charge in [0.15, 0.2) is 28.6 Å². The highest BCUT2D eigenvalue weighted by atomic mass is 32.2. The molecular formula is C24H22N4O3S. The number of hydrogen-bond acceptors (Lipinski definition) is 7. The standard InChI is InChI=1S/C24H22N4O3S/c1-28-23(22-15-30-20-4-2-3-5-21(20)31-22)26-27-24(28)32-16-18-6-8-19(9-7-18)29-14-17-10-12-25-13-11-17/h2-13,22H,14-16H2,1H3. The molecule has 3 heterocycles. The topological polar surface area (TPSA) is 71.3 Å². The van der Waals surface area contributed by atoms with Gasteiger partial charge in [-0.1, -0.05) is 36.0 Å². The minimum absolute atomic E-state index is 0.284. The van der Waals surface area contributed by atoms with Crippen LogP contribution >= 0.6 is 11.8 Å². The Morgan fingerprint density at radius 1 is 0.969 bits per heavy atom. The van der Waals surface area contributed by atoms with E-state index in [4.69, 9.17) is 14.2 Å². The zero-order valence-corrected chi connectivity index (χ0v) is 18.4. The highest BCUT2D eigenvalue weighted by molar-refractivity contribution is 7.98. The van der Waals surface area contributed by atoms with E-state index in [0.717, 1.165) is 39.5 Å². The van der Waals surface area contributed by atoms with E-state index in [1.54, 1.807) is 24.2 Å². The Kier molecular flexibility index (Phi) is 5.93. The maximum atomic E-state index is 6.07. The number of nitrogens with zero attached hydrogens (tertiary/aromatic N) is 4. The molecule has 0 saturated heterocycles. The molecule has 162 valence electrons. The molecule has 32 heavy (non-hydrogen) atoms. The Balaban J connectivity index is 1.17. The summed E-state index contributed by atoms with van der Waals surface area (Å²) < 4.78 is 19.7. The minimum atomic E-state index is -0.284. The lowest BCUT2D eigenvalue weighted by Crippen LogP contribution is -2.24. The van der Waals surface area contributed by atoms with Gasteiger partial charge < -0.3 is 18.8 Å². The Hall–Kier alpha value is -3.52. The predicted octanol–water partition coefficient (Wildman–Crippen LogP) is 4.59. The molecule has 2 aromatic carbocycles. The number of para-hydroxylation sites is 2. The average molecular weight is 447 g/mol. The summed E-state index contributed by atoms with van der Waals surface area (Å²) in [7, 11) is 1.96. The molecule has 0 amide bonds. The van der Waals surface area contributed by atoms with E-state index >= 15 is 0 Å². The van der Waals surface area contributed by atoms with Gasteiger partial charge in [-0.15, -0.1) is 10.2 Å². The number of benzene rings is 2. The van der Waals surface area contributed by atoms with Crippen molar-refractivity contribution in [2.75, 3.05) is 6.61 Å². The molecule has 0 saturated carbocycles. The molecule has 5 rings (SSSR count). The van der Waals surface area contributed by atoms with E-state index in [0.29, 0.717) is 13.2 Å². The normalized spacial score (nSPS) is 14.8. The third kappa shape index (κ3) is 4.55. The molecule has 0 fully saturated rings. The monoisotopic (exact) mass is 446 g/mol. The van der Waals surface area contributed by atoms with Crippen LogP contribution in [0, 0.1) is 0 Å². The largest absolute Gasteiger partial charge is 0.489 e. The van der Waals surface area contributed by atoms with Crippen molar-refractivity contribution in [1.29, 1.82) is 0 Å². The van der Waals surface area contributed by atoms with Crippen LogP contribution in [0.1, 0.15) is 23.1 Å². The summed E-state index contributed by atoms with van der Waals surface area (Å²) in [4.78, 5) is 4.02. The second-order valence-electron chi connectivity index (χ2n) is 7.34. The number of ether oxygens (including phenoxy) is 3. The third-order valence-electron chi connectivity index (χ3n) is 5.11. The number of aromatic nitrogens is 4. The van der Waals surface area contributed by atoms with E-state index in [1.165, 1.54) is 5.56 Å². The Labute approximate surface area is 190 Å². The molecule has 8 heteroatoms. The summed E-state index contributed by atoms with van der Waals surface area (Å²) in [5.74, 6) is 3.86. The molecular weight excluding hydrogens is 424 g/mol. The van der Waals surface area contributed by atoms with Gasteiger partial charge in [-0.05, 0) is 47.5 Å². The maximum Gasteiger partial charge on any atom is 0.192 e. The molecule has 1 unspecified atom stereocenters. The quantitative estimate of drug-likeness (QED) is 0.384. The SMILES string of the molecule is Cn1c(SCc2ccc(OCc3ccncc3)cc2)nnc1C1COc2ccccc2O1. The minimum Gasteiger partial charge on any atom is -0.489 e.